The van der Waals surface area contributed by atoms with E-state index in [1.165, 1.54) is 5.56 Å². The number of aromatic nitrogens is 2. The summed E-state index contributed by atoms with van der Waals surface area (Å²) in [5.41, 5.74) is 1.26. The minimum atomic E-state index is -0.141. The van der Waals surface area contributed by atoms with E-state index in [0.717, 1.165) is 38.6 Å². The summed E-state index contributed by atoms with van der Waals surface area (Å²) < 4.78 is 5.37. The SMILES string of the molecule is CCC(c1ccccc1)N1CCN(C(=NC)NCc2noc(C(C)(C)C)n2)CC1.I. The Balaban J connectivity index is 0.00000320. The lowest BCUT2D eigenvalue weighted by Crippen LogP contribution is -2.53. The average Bonchev–Trinajstić information content (AvgIpc) is 3.20. The molecule has 0 radical (unpaired) electrons. The highest BCUT2D eigenvalue weighted by Gasteiger charge is 2.26. The number of halogens is 1. The summed E-state index contributed by atoms with van der Waals surface area (Å²) in [6, 6.07) is 11.3. The van der Waals surface area contributed by atoms with Crippen LogP contribution in [0.2, 0.25) is 0 Å². The number of hydrogen-bond acceptors (Lipinski definition) is 5. The molecular formula is C22H35IN6O. The maximum absolute atomic E-state index is 5.37. The van der Waals surface area contributed by atoms with E-state index in [2.05, 4.69) is 88.3 Å². The molecule has 1 atom stereocenters. The van der Waals surface area contributed by atoms with Crippen LogP contribution in [-0.4, -0.2) is 59.1 Å². The molecule has 0 saturated carbocycles. The van der Waals surface area contributed by atoms with E-state index < -0.39 is 0 Å². The van der Waals surface area contributed by atoms with Crippen LogP contribution in [0, 0.1) is 0 Å². The number of guanidine groups is 1. The van der Waals surface area contributed by atoms with Crippen LogP contribution in [-0.2, 0) is 12.0 Å². The van der Waals surface area contributed by atoms with Crippen molar-refractivity contribution in [2.75, 3.05) is 33.2 Å². The molecule has 1 N–H and O–H groups in total. The van der Waals surface area contributed by atoms with Crippen LogP contribution in [0.25, 0.3) is 0 Å². The summed E-state index contributed by atoms with van der Waals surface area (Å²) in [7, 11) is 1.82. The lowest BCUT2D eigenvalue weighted by Gasteiger charge is -2.40. The van der Waals surface area contributed by atoms with E-state index in [-0.39, 0.29) is 29.4 Å². The Kier molecular flexibility index (Phi) is 9.09. The predicted octanol–water partition coefficient (Wildman–Crippen LogP) is 3.83. The number of aliphatic imine (C=N–C) groups is 1. The second kappa shape index (κ2) is 11.1. The van der Waals surface area contributed by atoms with Crippen molar-refractivity contribution in [2.24, 2.45) is 4.99 Å². The van der Waals surface area contributed by atoms with Gasteiger partial charge in [-0.1, -0.05) is 63.2 Å². The number of rotatable bonds is 5. The number of benzene rings is 1. The summed E-state index contributed by atoms with van der Waals surface area (Å²) in [6.45, 7) is 12.9. The van der Waals surface area contributed by atoms with Gasteiger partial charge in [0.15, 0.2) is 11.8 Å². The largest absolute Gasteiger partial charge is 0.349 e. The topological polar surface area (TPSA) is 69.8 Å². The Morgan fingerprint density at radius 2 is 1.83 bits per heavy atom. The molecule has 1 aromatic heterocycles. The zero-order valence-corrected chi connectivity index (χ0v) is 21.1. The molecule has 0 spiro atoms. The number of nitrogens with zero attached hydrogens (tertiary/aromatic N) is 5. The van der Waals surface area contributed by atoms with Crippen molar-refractivity contribution in [3.8, 4) is 0 Å². The Hall–Kier alpha value is -1.68. The Labute approximate surface area is 197 Å². The quantitative estimate of drug-likeness (QED) is 0.363. The van der Waals surface area contributed by atoms with Gasteiger partial charge in [0.2, 0.25) is 5.89 Å². The number of hydrogen-bond donors (Lipinski definition) is 1. The third-order valence-electron chi connectivity index (χ3n) is 5.35. The van der Waals surface area contributed by atoms with Crippen molar-refractivity contribution >= 4 is 29.9 Å². The second-order valence-corrected chi connectivity index (χ2v) is 8.52. The van der Waals surface area contributed by atoms with Gasteiger partial charge in [-0.3, -0.25) is 9.89 Å². The van der Waals surface area contributed by atoms with Crippen LogP contribution in [0.15, 0.2) is 39.8 Å². The third kappa shape index (κ3) is 6.16. The highest BCUT2D eigenvalue weighted by molar-refractivity contribution is 14.0. The average molecular weight is 526 g/mol. The van der Waals surface area contributed by atoms with Crippen LogP contribution in [0.4, 0.5) is 0 Å². The van der Waals surface area contributed by atoms with Crippen LogP contribution < -0.4 is 5.32 Å². The lowest BCUT2D eigenvalue weighted by atomic mass is 9.97. The molecule has 3 rings (SSSR count). The first-order chi connectivity index (χ1) is 13.9. The molecule has 1 aliphatic rings. The molecule has 8 heteroatoms. The molecule has 1 aliphatic heterocycles. The first kappa shape index (κ1) is 24.6. The van der Waals surface area contributed by atoms with Gasteiger partial charge < -0.3 is 14.7 Å². The zero-order chi connectivity index (χ0) is 20.9. The van der Waals surface area contributed by atoms with E-state index in [9.17, 15) is 0 Å². The van der Waals surface area contributed by atoms with Crippen LogP contribution in [0.5, 0.6) is 0 Å². The number of nitrogens with one attached hydrogen (secondary N) is 1. The van der Waals surface area contributed by atoms with E-state index in [1.807, 2.05) is 7.05 Å². The molecule has 0 aliphatic carbocycles. The summed E-state index contributed by atoms with van der Waals surface area (Å²) in [5.74, 6) is 2.20. The predicted molar refractivity (Wildman–Crippen MR) is 131 cm³/mol. The summed E-state index contributed by atoms with van der Waals surface area (Å²) in [6.07, 6.45) is 1.12. The van der Waals surface area contributed by atoms with Gasteiger partial charge in [-0.15, -0.1) is 24.0 Å². The van der Waals surface area contributed by atoms with E-state index in [1.54, 1.807) is 0 Å². The normalized spacial score (nSPS) is 16.8. The molecule has 30 heavy (non-hydrogen) atoms. The fourth-order valence-corrected chi connectivity index (χ4v) is 3.75. The van der Waals surface area contributed by atoms with Crippen LogP contribution in [0.3, 0.4) is 0 Å². The Morgan fingerprint density at radius 1 is 1.17 bits per heavy atom. The van der Waals surface area contributed by atoms with Crippen molar-refractivity contribution in [3.63, 3.8) is 0 Å². The fourth-order valence-electron chi connectivity index (χ4n) is 3.75. The number of piperazine rings is 1. The third-order valence-corrected chi connectivity index (χ3v) is 5.35. The summed E-state index contributed by atoms with van der Waals surface area (Å²) in [5, 5.41) is 7.47. The molecule has 166 valence electrons. The molecule has 1 aromatic carbocycles. The molecule has 2 heterocycles. The molecule has 7 nitrogen and oxygen atoms in total. The molecule has 2 aromatic rings. The maximum atomic E-state index is 5.37. The van der Waals surface area contributed by atoms with Crippen LogP contribution in [0.1, 0.15) is 57.4 Å². The Morgan fingerprint density at radius 3 is 2.37 bits per heavy atom. The van der Waals surface area contributed by atoms with Gasteiger partial charge in [-0.25, -0.2) is 0 Å². The van der Waals surface area contributed by atoms with Crippen molar-refractivity contribution in [3.05, 3.63) is 47.6 Å². The molecule has 1 fully saturated rings. The lowest BCUT2D eigenvalue weighted by molar-refractivity contribution is 0.127. The summed E-state index contributed by atoms with van der Waals surface area (Å²) in [4.78, 5) is 13.8. The maximum Gasteiger partial charge on any atom is 0.232 e. The summed E-state index contributed by atoms with van der Waals surface area (Å²) >= 11 is 0. The standard InChI is InChI=1S/C22H34N6O.HI/c1-6-18(17-10-8-7-9-11-17)27-12-14-28(15-13-27)21(23-5)24-16-19-25-20(29-26-19)22(2,3)4;/h7-11,18H,6,12-16H2,1-5H3,(H,23,24);1H. The minimum absolute atomic E-state index is 0. The van der Waals surface area contributed by atoms with E-state index >= 15 is 0 Å². The van der Waals surface area contributed by atoms with Gasteiger partial charge in [-0.2, -0.15) is 4.98 Å². The molecule has 0 bridgehead atoms. The van der Waals surface area contributed by atoms with Crippen molar-refractivity contribution in [1.82, 2.24) is 25.3 Å². The first-order valence-corrected chi connectivity index (χ1v) is 10.5. The van der Waals surface area contributed by atoms with Gasteiger partial charge in [0.05, 0.1) is 6.54 Å². The van der Waals surface area contributed by atoms with Gasteiger partial charge >= 0.3 is 0 Å². The van der Waals surface area contributed by atoms with Crippen molar-refractivity contribution in [1.29, 1.82) is 0 Å². The highest BCUT2D eigenvalue weighted by Crippen LogP contribution is 2.25. The zero-order valence-electron chi connectivity index (χ0n) is 18.8. The van der Waals surface area contributed by atoms with Gasteiger partial charge in [0, 0.05) is 44.7 Å². The van der Waals surface area contributed by atoms with Crippen LogP contribution >= 0.6 is 24.0 Å². The van der Waals surface area contributed by atoms with E-state index in [4.69, 9.17) is 4.52 Å². The van der Waals surface area contributed by atoms with Gasteiger partial charge in [0.25, 0.3) is 0 Å². The fraction of sp³-hybridized carbons (Fsp3) is 0.591. The second-order valence-electron chi connectivity index (χ2n) is 8.52. The molecular weight excluding hydrogens is 491 g/mol. The first-order valence-electron chi connectivity index (χ1n) is 10.5. The highest BCUT2D eigenvalue weighted by atomic mass is 127. The molecule has 1 unspecified atom stereocenters. The van der Waals surface area contributed by atoms with E-state index in [0.29, 0.717) is 24.3 Å². The monoisotopic (exact) mass is 526 g/mol. The van der Waals surface area contributed by atoms with Crippen molar-refractivity contribution in [2.45, 2.75) is 52.1 Å². The van der Waals surface area contributed by atoms with Crippen molar-refractivity contribution < 1.29 is 4.52 Å². The molecule has 1 saturated heterocycles. The van der Waals surface area contributed by atoms with Gasteiger partial charge in [-0.05, 0) is 12.0 Å². The Bertz CT molecular complexity index is 793. The minimum Gasteiger partial charge on any atom is -0.349 e. The smallest absolute Gasteiger partial charge is 0.232 e. The van der Waals surface area contributed by atoms with Gasteiger partial charge in [0.1, 0.15) is 0 Å². The molecule has 0 amide bonds.